The maximum absolute atomic E-state index is 13.2. The van der Waals surface area contributed by atoms with Crippen molar-refractivity contribution in [3.8, 4) is 11.1 Å². The standard InChI is InChI=1S/C22H28N2O6/c1-3-30-22(29)20-19(21(28)12-4-5-12)18(17(24-20)8-23-2)14-7-6-13(9-25)15(10-26)16(14)11-27/h6-7,12,23-27H,3-5,8-11H2,1-2H3. The molecule has 1 aliphatic rings. The molecule has 8 nitrogen and oxygen atoms in total. The number of aromatic nitrogens is 1. The number of aliphatic hydroxyl groups excluding tert-OH is 3. The molecule has 0 spiro atoms. The Bertz CT molecular complexity index is 946. The predicted molar refractivity (Wildman–Crippen MR) is 110 cm³/mol. The maximum atomic E-state index is 13.2. The van der Waals surface area contributed by atoms with Gasteiger partial charge in [0.2, 0.25) is 0 Å². The summed E-state index contributed by atoms with van der Waals surface area (Å²) in [7, 11) is 1.75. The minimum absolute atomic E-state index is 0.106. The zero-order chi connectivity index (χ0) is 21.8. The van der Waals surface area contributed by atoms with Gasteiger partial charge in [-0.3, -0.25) is 4.79 Å². The Balaban J connectivity index is 2.32. The number of esters is 1. The molecule has 2 aromatic rings. The highest BCUT2D eigenvalue weighted by molar-refractivity contribution is 6.12. The van der Waals surface area contributed by atoms with Crippen molar-refractivity contribution in [2.45, 2.75) is 46.1 Å². The van der Waals surface area contributed by atoms with E-state index in [9.17, 15) is 24.9 Å². The predicted octanol–water partition coefficient (Wildman–Crippen LogP) is 1.65. The van der Waals surface area contributed by atoms with Gasteiger partial charge in [0.1, 0.15) is 5.69 Å². The van der Waals surface area contributed by atoms with E-state index in [0.717, 1.165) is 12.8 Å². The molecule has 30 heavy (non-hydrogen) atoms. The quantitative estimate of drug-likeness (QED) is 0.294. The molecule has 0 radical (unpaired) electrons. The van der Waals surface area contributed by atoms with Crippen LogP contribution in [-0.2, 0) is 31.1 Å². The van der Waals surface area contributed by atoms with Crippen LogP contribution in [0.15, 0.2) is 12.1 Å². The molecule has 1 saturated carbocycles. The number of ketones is 1. The van der Waals surface area contributed by atoms with E-state index in [-0.39, 0.29) is 42.8 Å². The molecule has 1 aromatic heterocycles. The minimum Gasteiger partial charge on any atom is -0.461 e. The number of ether oxygens (including phenoxy) is 1. The summed E-state index contributed by atoms with van der Waals surface area (Å²) in [6.07, 6.45) is 1.54. The Morgan fingerprint density at radius 1 is 1.13 bits per heavy atom. The summed E-state index contributed by atoms with van der Waals surface area (Å²) in [4.78, 5) is 28.9. The maximum Gasteiger partial charge on any atom is 0.355 e. The van der Waals surface area contributed by atoms with Crippen LogP contribution in [0, 0.1) is 5.92 Å². The molecule has 5 N–H and O–H groups in total. The lowest BCUT2D eigenvalue weighted by Gasteiger charge is -2.17. The van der Waals surface area contributed by atoms with E-state index < -0.39 is 12.6 Å². The van der Waals surface area contributed by atoms with Crippen molar-refractivity contribution in [3.63, 3.8) is 0 Å². The molecule has 0 bridgehead atoms. The molecule has 0 atom stereocenters. The second-order valence-corrected chi connectivity index (χ2v) is 7.32. The van der Waals surface area contributed by atoms with Crippen molar-refractivity contribution in [2.75, 3.05) is 13.7 Å². The molecular formula is C22H28N2O6. The van der Waals surface area contributed by atoms with E-state index in [1.54, 1.807) is 26.1 Å². The third-order valence-corrected chi connectivity index (χ3v) is 5.39. The minimum atomic E-state index is -0.606. The second kappa shape index (κ2) is 9.53. The van der Waals surface area contributed by atoms with E-state index in [1.807, 2.05) is 0 Å². The molecule has 0 unspecified atom stereocenters. The summed E-state index contributed by atoms with van der Waals surface area (Å²) in [5, 5.41) is 32.6. The lowest BCUT2D eigenvalue weighted by Crippen LogP contribution is -2.13. The van der Waals surface area contributed by atoms with Crippen LogP contribution in [0.4, 0.5) is 0 Å². The number of nitrogens with one attached hydrogen (secondary N) is 2. The largest absolute Gasteiger partial charge is 0.461 e. The summed E-state index contributed by atoms with van der Waals surface area (Å²) in [6.45, 7) is 1.16. The van der Waals surface area contributed by atoms with Crippen LogP contribution in [0.1, 0.15) is 63.0 Å². The highest BCUT2D eigenvalue weighted by Gasteiger charge is 2.37. The summed E-state index contributed by atoms with van der Waals surface area (Å²) < 4.78 is 5.17. The summed E-state index contributed by atoms with van der Waals surface area (Å²) in [6, 6.07) is 3.36. The molecule has 3 rings (SSSR count). The van der Waals surface area contributed by atoms with Crippen LogP contribution in [-0.4, -0.2) is 45.7 Å². The number of hydrogen-bond acceptors (Lipinski definition) is 7. The van der Waals surface area contributed by atoms with Crippen molar-refractivity contribution >= 4 is 11.8 Å². The summed E-state index contributed by atoms with van der Waals surface area (Å²) in [5.41, 5.74) is 3.37. The smallest absolute Gasteiger partial charge is 0.355 e. The Labute approximate surface area is 174 Å². The normalized spacial score (nSPS) is 13.5. The first-order valence-corrected chi connectivity index (χ1v) is 10.1. The third kappa shape index (κ3) is 4.04. The molecule has 1 aromatic carbocycles. The molecule has 0 aliphatic heterocycles. The second-order valence-electron chi connectivity index (χ2n) is 7.32. The molecule has 0 saturated heterocycles. The fourth-order valence-electron chi connectivity index (χ4n) is 3.81. The van der Waals surface area contributed by atoms with E-state index in [2.05, 4.69) is 10.3 Å². The third-order valence-electron chi connectivity index (χ3n) is 5.39. The first-order valence-electron chi connectivity index (χ1n) is 10.1. The van der Waals surface area contributed by atoms with Gasteiger partial charge in [0.15, 0.2) is 5.78 Å². The van der Waals surface area contributed by atoms with Gasteiger partial charge in [0, 0.05) is 23.7 Å². The number of benzene rings is 1. The molecule has 0 amide bonds. The SMILES string of the molecule is CCOC(=O)c1[nH]c(CNC)c(-c2ccc(CO)c(CO)c2CO)c1C(=O)C1CC1. The van der Waals surface area contributed by atoms with Gasteiger partial charge in [0.05, 0.1) is 32.0 Å². The van der Waals surface area contributed by atoms with Crippen molar-refractivity contribution in [2.24, 2.45) is 5.92 Å². The van der Waals surface area contributed by atoms with E-state index in [4.69, 9.17) is 4.74 Å². The van der Waals surface area contributed by atoms with Crippen molar-refractivity contribution in [3.05, 3.63) is 45.8 Å². The van der Waals surface area contributed by atoms with Gasteiger partial charge in [-0.1, -0.05) is 12.1 Å². The van der Waals surface area contributed by atoms with Gasteiger partial charge in [0.25, 0.3) is 0 Å². The number of Topliss-reactive ketones (excluding diaryl/α,β-unsaturated/α-hetero) is 1. The van der Waals surface area contributed by atoms with Crippen LogP contribution >= 0.6 is 0 Å². The van der Waals surface area contributed by atoms with Gasteiger partial charge in [-0.25, -0.2) is 4.79 Å². The Morgan fingerprint density at radius 3 is 2.37 bits per heavy atom. The van der Waals surface area contributed by atoms with Gasteiger partial charge < -0.3 is 30.4 Å². The first-order chi connectivity index (χ1) is 14.5. The summed E-state index contributed by atoms with van der Waals surface area (Å²) >= 11 is 0. The Hall–Kier alpha value is -2.52. The Morgan fingerprint density at radius 2 is 1.83 bits per heavy atom. The topological polar surface area (TPSA) is 132 Å². The zero-order valence-electron chi connectivity index (χ0n) is 17.2. The van der Waals surface area contributed by atoms with Crippen molar-refractivity contribution in [1.82, 2.24) is 10.3 Å². The van der Waals surface area contributed by atoms with Gasteiger partial charge >= 0.3 is 5.97 Å². The van der Waals surface area contributed by atoms with Crippen LogP contribution in [0.3, 0.4) is 0 Å². The fourth-order valence-corrected chi connectivity index (χ4v) is 3.81. The lowest BCUT2D eigenvalue weighted by atomic mass is 9.88. The summed E-state index contributed by atoms with van der Waals surface area (Å²) in [5.74, 6) is -0.876. The first kappa shape index (κ1) is 22.2. The average Bonchev–Trinajstić information content (AvgIpc) is 3.53. The van der Waals surface area contributed by atoms with Crippen molar-refractivity contribution in [1.29, 1.82) is 0 Å². The zero-order valence-corrected chi connectivity index (χ0v) is 17.2. The monoisotopic (exact) mass is 416 g/mol. The number of H-pyrrole nitrogens is 1. The fraction of sp³-hybridized carbons (Fsp3) is 0.455. The molecule has 1 aliphatic carbocycles. The highest BCUT2D eigenvalue weighted by atomic mass is 16.5. The van der Waals surface area contributed by atoms with E-state index >= 15 is 0 Å². The number of aromatic amines is 1. The van der Waals surface area contributed by atoms with Gasteiger partial charge in [-0.15, -0.1) is 0 Å². The van der Waals surface area contributed by atoms with Crippen molar-refractivity contribution < 1.29 is 29.6 Å². The van der Waals surface area contributed by atoms with Gasteiger partial charge in [-0.2, -0.15) is 0 Å². The molecule has 8 heteroatoms. The van der Waals surface area contributed by atoms with Crippen LogP contribution in [0.2, 0.25) is 0 Å². The van der Waals surface area contributed by atoms with Gasteiger partial charge in [-0.05, 0) is 49.1 Å². The Kier molecular flexibility index (Phi) is 7.04. The van der Waals surface area contributed by atoms with E-state index in [1.165, 1.54) is 0 Å². The van der Waals surface area contributed by atoms with Crippen LogP contribution < -0.4 is 5.32 Å². The molecule has 1 heterocycles. The average molecular weight is 416 g/mol. The number of carbonyl (C=O) groups is 2. The number of carbonyl (C=O) groups excluding carboxylic acids is 2. The van der Waals surface area contributed by atoms with E-state index in [0.29, 0.717) is 40.1 Å². The van der Waals surface area contributed by atoms with Crippen LogP contribution in [0.5, 0.6) is 0 Å². The number of hydrogen-bond donors (Lipinski definition) is 5. The van der Waals surface area contributed by atoms with Crippen LogP contribution in [0.25, 0.3) is 11.1 Å². The lowest BCUT2D eigenvalue weighted by molar-refractivity contribution is 0.0516. The molecule has 162 valence electrons. The number of rotatable bonds is 10. The molecule has 1 fully saturated rings. The number of aliphatic hydroxyl groups is 3. The highest BCUT2D eigenvalue weighted by Crippen LogP contribution is 2.41. The molecular weight excluding hydrogens is 388 g/mol.